The summed E-state index contributed by atoms with van der Waals surface area (Å²) in [7, 11) is 0. The molecule has 0 radical (unpaired) electrons. The van der Waals surface area contributed by atoms with Crippen LogP contribution >= 0.6 is 11.8 Å². The fourth-order valence-electron chi connectivity index (χ4n) is 2.77. The van der Waals surface area contributed by atoms with E-state index in [0.29, 0.717) is 5.92 Å². The van der Waals surface area contributed by atoms with E-state index in [1.54, 1.807) is 4.42 Å². The molecule has 4 heteroatoms. The largest absolute Gasteiger partial charge is 0.347 e. The minimum atomic E-state index is 0.0429. The van der Waals surface area contributed by atoms with Gasteiger partial charge >= 0.3 is 0 Å². The summed E-state index contributed by atoms with van der Waals surface area (Å²) in [5.74, 6) is 0.381. The Bertz CT molecular complexity index is 460. The molecule has 1 fully saturated rings. The van der Waals surface area contributed by atoms with Crippen LogP contribution in [-0.4, -0.2) is 29.5 Å². The molecule has 1 aromatic carbocycles. The number of carbonyl (C=O) groups is 1. The second-order valence-corrected chi connectivity index (χ2v) is 5.03. The molecule has 2 aliphatic heterocycles. The molecule has 0 unspecified atom stereocenters. The highest BCUT2D eigenvalue weighted by molar-refractivity contribution is 6.13. The molecule has 1 amide bonds. The van der Waals surface area contributed by atoms with Crippen LogP contribution in [0.3, 0.4) is 0 Å². The number of hydrogen-bond acceptors (Lipinski definition) is 2. The molecule has 1 aromatic rings. The van der Waals surface area contributed by atoms with Gasteiger partial charge in [0.2, 0.25) is 0 Å². The van der Waals surface area contributed by atoms with Crippen molar-refractivity contribution in [3.05, 3.63) is 34.9 Å². The maximum absolute atomic E-state index is 12.0. The van der Waals surface area contributed by atoms with Gasteiger partial charge < -0.3 is 5.32 Å². The number of nitrogens with zero attached hydrogens (tertiary/aromatic N) is 1. The van der Waals surface area contributed by atoms with Crippen LogP contribution < -0.4 is 5.32 Å². The Hall–Kier alpha value is -1.06. The lowest BCUT2D eigenvalue weighted by Gasteiger charge is -2.28. The van der Waals surface area contributed by atoms with Crippen molar-refractivity contribution in [1.29, 1.82) is 0 Å². The van der Waals surface area contributed by atoms with Gasteiger partial charge in [-0.05, 0) is 29.8 Å². The van der Waals surface area contributed by atoms with Crippen molar-refractivity contribution >= 4 is 17.7 Å². The number of carbonyl (C=O) groups excluding carboxylic acids is 1. The van der Waals surface area contributed by atoms with E-state index in [2.05, 4.69) is 11.4 Å². The molecule has 0 aliphatic carbocycles. The number of benzene rings is 1. The molecule has 84 valence electrons. The minimum Gasteiger partial charge on any atom is -0.347 e. The lowest BCUT2D eigenvalue weighted by Crippen LogP contribution is -2.44. The lowest BCUT2D eigenvalue weighted by atomic mass is 9.84. The quantitative estimate of drug-likeness (QED) is 0.695. The van der Waals surface area contributed by atoms with E-state index in [9.17, 15) is 4.79 Å². The highest BCUT2D eigenvalue weighted by Gasteiger charge is 2.40. The van der Waals surface area contributed by atoms with Gasteiger partial charge in [-0.15, -0.1) is 0 Å². The number of fused-ring (bicyclic) bond motifs is 3. The van der Waals surface area contributed by atoms with Gasteiger partial charge in [0, 0.05) is 24.6 Å². The minimum absolute atomic E-state index is 0.0429. The normalized spacial score (nSPS) is 28.5. The second kappa shape index (κ2) is 3.47. The van der Waals surface area contributed by atoms with Crippen LogP contribution in [0, 0.1) is 6.92 Å². The molecule has 16 heavy (non-hydrogen) atoms. The summed E-state index contributed by atoms with van der Waals surface area (Å²) in [5, 5.41) is 3.04. The predicted molar refractivity (Wildman–Crippen MR) is 62.6 cm³/mol. The van der Waals surface area contributed by atoms with Gasteiger partial charge in [-0.25, -0.2) is 4.42 Å². The van der Waals surface area contributed by atoms with E-state index in [1.165, 1.54) is 0 Å². The Morgan fingerprint density at radius 3 is 3.06 bits per heavy atom. The average molecular weight is 237 g/mol. The first-order chi connectivity index (χ1) is 7.66. The molecule has 3 rings (SSSR count). The summed E-state index contributed by atoms with van der Waals surface area (Å²) in [6.07, 6.45) is 0. The molecule has 0 aromatic heterocycles. The maximum atomic E-state index is 12.0. The van der Waals surface area contributed by atoms with E-state index in [4.69, 9.17) is 11.8 Å². The SMILES string of the molecule is Cc1cccc2c1C(=O)N[C@H]1CN(Cl)C[C@H]21. The maximum Gasteiger partial charge on any atom is 0.252 e. The van der Waals surface area contributed by atoms with Crippen molar-refractivity contribution in [3.63, 3.8) is 0 Å². The van der Waals surface area contributed by atoms with Crippen LogP contribution in [0.1, 0.15) is 27.4 Å². The van der Waals surface area contributed by atoms with Crippen molar-refractivity contribution in [3.8, 4) is 0 Å². The van der Waals surface area contributed by atoms with E-state index in [0.717, 1.165) is 29.8 Å². The van der Waals surface area contributed by atoms with Crippen LogP contribution in [0.25, 0.3) is 0 Å². The third-order valence-corrected chi connectivity index (χ3v) is 3.80. The number of rotatable bonds is 0. The predicted octanol–water partition coefficient (Wildman–Crippen LogP) is 1.66. The fourth-order valence-corrected chi connectivity index (χ4v) is 3.06. The molecule has 2 atom stereocenters. The Morgan fingerprint density at radius 2 is 2.25 bits per heavy atom. The second-order valence-electron chi connectivity index (χ2n) is 4.55. The molecule has 2 aliphatic rings. The van der Waals surface area contributed by atoms with Gasteiger partial charge in [-0.3, -0.25) is 4.79 Å². The number of hydrogen-bond donors (Lipinski definition) is 1. The molecule has 2 heterocycles. The zero-order valence-corrected chi connectivity index (χ0v) is 9.79. The van der Waals surface area contributed by atoms with Gasteiger partial charge in [0.05, 0.1) is 6.04 Å². The summed E-state index contributed by atoms with van der Waals surface area (Å²) in [6.45, 7) is 3.51. The van der Waals surface area contributed by atoms with Crippen molar-refractivity contribution in [1.82, 2.24) is 9.74 Å². The third-order valence-electron chi connectivity index (χ3n) is 3.52. The third kappa shape index (κ3) is 1.35. The van der Waals surface area contributed by atoms with Gasteiger partial charge in [-0.1, -0.05) is 18.2 Å². The van der Waals surface area contributed by atoms with E-state index in [-0.39, 0.29) is 11.9 Å². The first-order valence-corrected chi connectivity index (χ1v) is 5.81. The van der Waals surface area contributed by atoms with Crippen LogP contribution in [0.4, 0.5) is 0 Å². The molecule has 0 bridgehead atoms. The summed E-state index contributed by atoms with van der Waals surface area (Å²) in [6, 6.07) is 6.21. The average Bonchev–Trinajstić information content (AvgIpc) is 2.58. The van der Waals surface area contributed by atoms with E-state index >= 15 is 0 Å². The van der Waals surface area contributed by atoms with Gasteiger partial charge in [0.15, 0.2) is 0 Å². The molecular weight excluding hydrogens is 224 g/mol. The highest BCUT2D eigenvalue weighted by Crippen LogP contribution is 2.35. The Balaban J connectivity index is 2.13. The molecule has 0 spiro atoms. The summed E-state index contributed by atoms with van der Waals surface area (Å²) in [5.41, 5.74) is 3.04. The smallest absolute Gasteiger partial charge is 0.252 e. The molecular formula is C12H13ClN2O. The molecule has 0 saturated carbocycles. The first-order valence-electron chi connectivity index (χ1n) is 5.48. The van der Waals surface area contributed by atoms with Gasteiger partial charge in [0.25, 0.3) is 5.91 Å². The number of halogens is 1. The highest BCUT2D eigenvalue weighted by atomic mass is 35.5. The summed E-state index contributed by atoms with van der Waals surface area (Å²) >= 11 is 6.02. The van der Waals surface area contributed by atoms with Crippen LogP contribution in [0.15, 0.2) is 18.2 Å². The Morgan fingerprint density at radius 1 is 1.44 bits per heavy atom. The first kappa shape index (κ1) is 10.1. The summed E-state index contributed by atoms with van der Waals surface area (Å²) < 4.78 is 1.76. The Kier molecular flexibility index (Phi) is 2.19. The number of nitrogens with one attached hydrogen (secondary N) is 1. The molecule has 1 saturated heterocycles. The summed E-state index contributed by atoms with van der Waals surface area (Å²) in [4.78, 5) is 12.0. The van der Waals surface area contributed by atoms with Gasteiger partial charge in [-0.2, -0.15) is 0 Å². The fraction of sp³-hybridized carbons (Fsp3) is 0.417. The van der Waals surface area contributed by atoms with E-state index in [1.807, 2.05) is 19.1 Å². The topological polar surface area (TPSA) is 32.3 Å². The number of aryl methyl sites for hydroxylation is 1. The monoisotopic (exact) mass is 236 g/mol. The zero-order valence-electron chi connectivity index (χ0n) is 9.03. The standard InChI is InChI=1S/C12H13ClN2O/c1-7-3-2-4-8-9-5-15(13)6-10(9)14-12(16)11(7)8/h2-4,9-10H,5-6H2,1H3,(H,14,16)/t9-,10+/m1/s1. The van der Waals surface area contributed by atoms with Gasteiger partial charge in [0.1, 0.15) is 0 Å². The van der Waals surface area contributed by atoms with Crippen LogP contribution in [0.5, 0.6) is 0 Å². The van der Waals surface area contributed by atoms with Crippen molar-refractivity contribution in [2.45, 2.75) is 18.9 Å². The zero-order chi connectivity index (χ0) is 11.3. The van der Waals surface area contributed by atoms with Crippen molar-refractivity contribution in [2.24, 2.45) is 0 Å². The van der Waals surface area contributed by atoms with Crippen LogP contribution in [-0.2, 0) is 0 Å². The van der Waals surface area contributed by atoms with E-state index < -0.39 is 0 Å². The lowest BCUT2D eigenvalue weighted by molar-refractivity contribution is 0.0923. The van der Waals surface area contributed by atoms with Crippen molar-refractivity contribution in [2.75, 3.05) is 13.1 Å². The van der Waals surface area contributed by atoms with Crippen molar-refractivity contribution < 1.29 is 4.79 Å². The Labute approximate surface area is 99.5 Å². The molecule has 1 N–H and O–H groups in total. The van der Waals surface area contributed by atoms with Crippen LogP contribution in [0.2, 0.25) is 0 Å². The number of amides is 1. The molecule has 3 nitrogen and oxygen atoms in total.